The maximum Gasteiger partial charge on any atom is 0.410 e. The number of rotatable bonds is 16. The van der Waals surface area contributed by atoms with E-state index < -0.39 is 49.2 Å². The Kier molecular flexibility index (Phi) is 12.8. The average Bonchev–Trinajstić information content (AvgIpc) is 3.53. The molecule has 15 heteroatoms. The monoisotopic (exact) mass is 665 g/mol. The Morgan fingerprint density at radius 2 is 1.69 bits per heavy atom. The summed E-state index contributed by atoms with van der Waals surface area (Å²) in [7, 11) is 4.18. The molecule has 2 heterocycles. The number of ether oxygens (including phenoxy) is 5. The van der Waals surface area contributed by atoms with E-state index in [1.807, 2.05) is 42.5 Å². The molecule has 0 aliphatic carbocycles. The number of hydrogen-bond acceptors (Lipinski definition) is 11. The highest BCUT2D eigenvalue weighted by Gasteiger charge is 2.37. The summed E-state index contributed by atoms with van der Waals surface area (Å²) in [6.45, 7) is -0.156. The fourth-order valence-corrected chi connectivity index (χ4v) is 5.02. The first kappa shape index (κ1) is 35.3. The van der Waals surface area contributed by atoms with Crippen LogP contribution in [0.15, 0.2) is 66.9 Å². The maximum atomic E-state index is 13.1. The lowest BCUT2D eigenvalue weighted by Gasteiger charge is -2.24. The SMILES string of the molecule is COc1cc(C(=O)NC(CNC(=O)COC2CC(CNc3ccccn3)N(C(=O)OCc3ccccc3)C2)C(=O)O)cc(OC)c1OC. The van der Waals surface area contributed by atoms with Crippen LogP contribution in [0, 0.1) is 0 Å². The summed E-state index contributed by atoms with van der Waals surface area (Å²) in [6.07, 6.45) is 1.05. The number of pyridine rings is 1. The van der Waals surface area contributed by atoms with Crippen LogP contribution < -0.4 is 30.2 Å². The van der Waals surface area contributed by atoms with Crippen molar-refractivity contribution >= 4 is 29.7 Å². The van der Waals surface area contributed by atoms with Crippen molar-refractivity contribution in [1.82, 2.24) is 20.5 Å². The molecule has 1 aromatic heterocycles. The zero-order chi connectivity index (χ0) is 34.5. The molecule has 0 radical (unpaired) electrons. The standard InChI is InChI=1S/C33H39N5O10/c1-44-26-13-22(14-27(45-2)30(26)46-3)31(40)37-25(32(41)42)17-36-29(39)20-47-24-15-23(16-35-28-11-7-8-12-34-28)38(18-24)33(43)48-19-21-9-5-4-6-10-21/h4-14,23-25H,15-20H2,1-3H3,(H,34,35)(H,36,39)(H,37,40)(H,41,42). The molecule has 3 unspecified atom stereocenters. The normalized spacial score (nSPS) is 15.9. The number of likely N-dealkylation sites (tertiary alicyclic amines) is 1. The van der Waals surface area contributed by atoms with Crippen LogP contribution in [0.4, 0.5) is 10.6 Å². The Balaban J connectivity index is 1.31. The topological polar surface area (TPSA) is 187 Å². The van der Waals surface area contributed by atoms with Gasteiger partial charge in [-0.3, -0.25) is 9.59 Å². The number of aromatic nitrogens is 1. The predicted octanol–water partition coefficient (Wildman–Crippen LogP) is 2.32. The molecule has 3 amide bonds. The second-order valence-electron chi connectivity index (χ2n) is 10.7. The Labute approximate surface area is 277 Å². The first-order chi connectivity index (χ1) is 23.2. The van der Waals surface area contributed by atoms with E-state index in [1.165, 1.54) is 33.5 Å². The number of aliphatic carboxylic acids is 1. The Hall–Kier alpha value is -5.57. The largest absolute Gasteiger partial charge is 0.493 e. The van der Waals surface area contributed by atoms with Gasteiger partial charge in [-0.25, -0.2) is 14.6 Å². The third-order valence-corrected chi connectivity index (χ3v) is 7.48. The highest BCUT2D eigenvalue weighted by molar-refractivity contribution is 5.98. The molecular weight excluding hydrogens is 626 g/mol. The van der Waals surface area contributed by atoms with Crippen LogP contribution in [0.25, 0.3) is 0 Å². The first-order valence-corrected chi connectivity index (χ1v) is 15.1. The molecule has 256 valence electrons. The minimum Gasteiger partial charge on any atom is -0.493 e. The van der Waals surface area contributed by atoms with E-state index >= 15 is 0 Å². The second kappa shape index (κ2) is 17.4. The van der Waals surface area contributed by atoms with Crippen LogP contribution in [0.3, 0.4) is 0 Å². The van der Waals surface area contributed by atoms with Crippen molar-refractivity contribution in [3.63, 3.8) is 0 Å². The van der Waals surface area contributed by atoms with Crippen LogP contribution in [0.1, 0.15) is 22.3 Å². The number of benzene rings is 2. The lowest BCUT2D eigenvalue weighted by atomic mass is 10.1. The molecule has 0 saturated carbocycles. The quantitative estimate of drug-likeness (QED) is 0.175. The molecule has 1 fully saturated rings. The molecule has 1 saturated heterocycles. The minimum absolute atomic E-state index is 0.0607. The Morgan fingerprint density at radius 1 is 0.979 bits per heavy atom. The Bertz CT molecular complexity index is 1520. The lowest BCUT2D eigenvalue weighted by Crippen LogP contribution is -2.49. The first-order valence-electron chi connectivity index (χ1n) is 15.1. The molecule has 15 nitrogen and oxygen atoms in total. The molecule has 0 spiro atoms. The summed E-state index contributed by atoms with van der Waals surface area (Å²) in [5.41, 5.74) is 0.905. The third-order valence-electron chi connectivity index (χ3n) is 7.48. The lowest BCUT2D eigenvalue weighted by molar-refractivity contribution is -0.139. The van der Waals surface area contributed by atoms with Crippen molar-refractivity contribution < 1.29 is 48.0 Å². The molecule has 4 N–H and O–H groups in total. The van der Waals surface area contributed by atoms with Gasteiger partial charge in [0.05, 0.1) is 40.0 Å². The number of nitrogens with zero attached hydrogens (tertiary/aromatic N) is 2. The van der Waals surface area contributed by atoms with Gasteiger partial charge in [0.15, 0.2) is 11.5 Å². The third kappa shape index (κ3) is 9.72. The van der Waals surface area contributed by atoms with Gasteiger partial charge in [0.25, 0.3) is 5.91 Å². The van der Waals surface area contributed by atoms with Crippen LogP contribution >= 0.6 is 0 Å². The second-order valence-corrected chi connectivity index (χ2v) is 10.7. The number of methoxy groups -OCH3 is 3. The van der Waals surface area contributed by atoms with Crippen molar-refractivity contribution in [1.29, 1.82) is 0 Å². The molecule has 1 aliphatic rings. The summed E-state index contributed by atoms with van der Waals surface area (Å²) < 4.78 is 27.1. The van der Waals surface area contributed by atoms with Gasteiger partial charge in [-0.1, -0.05) is 36.4 Å². The van der Waals surface area contributed by atoms with Crippen LogP contribution in [-0.4, -0.2) is 105 Å². The number of anilines is 1. The van der Waals surface area contributed by atoms with Gasteiger partial charge < -0.3 is 49.6 Å². The molecule has 4 rings (SSSR count). The van der Waals surface area contributed by atoms with E-state index in [2.05, 4.69) is 20.9 Å². The summed E-state index contributed by atoms with van der Waals surface area (Å²) in [5.74, 6) is -1.36. The highest BCUT2D eigenvalue weighted by atomic mass is 16.6. The number of hydrogen-bond donors (Lipinski definition) is 4. The molecule has 3 aromatic rings. The van der Waals surface area contributed by atoms with Gasteiger partial charge in [0, 0.05) is 24.8 Å². The van der Waals surface area contributed by atoms with Gasteiger partial charge >= 0.3 is 12.1 Å². The van der Waals surface area contributed by atoms with Gasteiger partial charge in [-0.2, -0.15) is 0 Å². The van der Waals surface area contributed by atoms with Gasteiger partial charge in [-0.05, 0) is 36.2 Å². The zero-order valence-electron chi connectivity index (χ0n) is 26.8. The number of carboxylic acid groups (broad SMARTS) is 1. The van der Waals surface area contributed by atoms with Crippen molar-refractivity contribution in [3.05, 3.63) is 78.0 Å². The van der Waals surface area contributed by atoms with E-state index in [-0.39, 0.29) is 42.0 Å². The van der Waals surface area contributed by atoms with Crippen molar-refractivity contribution in [2.45, 2.75) is 31.2 Å². The summed E-state index contributed by atoms with van der Waals surface area (Å²) >= 11 is 0. The summed E-state index contributed by atoms with van der Waals surface area (Å²) in [6, 6.07) is 15.7. The number of carboxylic acids is 1. The molecule has 48 heavy (non-hydrogen) atoms. The van der Waals surface area contributed by atoms with Crippen LogP contribution in [-0.2, 0) is 25.7 Å². The molecule has 1 aliphatic heterocycles. The minimum atomic E-state index is -1.45. The van der Waals surface area contributed by atoms with Gasteiger partial charge in [0.2, 0.25) is 11.7 Å². The van der Waals surface area contributed by atoms with Crippen molar-refractivity contribution in [2.75, 3.05) is 52.9 Å². The molecule has 3 atom stereocenters. The van der Waals surface area contributed by atoms with Gasteiger partial charge in [0.1, 0.15) is 25.1 Å². The smallest absolute Gasteiger partial charge is 0.410 e. The van der Waals surface area contributed by atoms with Crippen molar-refractivity contribution in [3.8, 4) is 17.2 Å². The average molecular weight is 666 g/mol. The summed E-state index contributed by atoms with van der Waals surface area (Å²) in [5, 5.41) is 17.8. The van der Waals surface area contributed by atoms with Crippen LogP contribution in [0.2, 0.25) is 0 Å². The number of nitrogens with one attached hydrogen (secondary N) is 3. The van der Waals surface area contributed by atoms with E-state index in [1.54, 1.807) is 17.2 Å². The highest BCUT2D eigenvalue weighted by Crippen LogP contribution is 2.38. The van der Waals surface area contributed by atoms with E-state index in [0.29, 0.717) is 18.8 Å². The van der Waals surface area contributed by atoms with E-state index in [9.17, 15) is 24.3 Å². The number of carbonyl (C=O) groups is 4. The molecular formula is C33H39N5O10. The van der Waals surface area contributed by atoms with E-state index in [4.69, 9.17) is 23.7 Å². The predicted molar refractivity (Wildman–Crippen MR) is 172 cm³/mol. The Morgan fingerprint density at radius 3 is 2.31 bits per heavy atom. The fourth-order valence-electron chi connectivity index (χ4n) is 5.02. The molecule has 2 aromatic carbocycles. The van der Waals surface area contributed by atoms with E-state index in [0.717, 1.165) is 5.56 Å². The number of carbonyl (C=O) groups excluding carboxylic acids is 3. The van der Waals surface area contributed by atoms with Gasteiger partial charge in [-0.15, -0.1) is 0 Å². The summed E-state index contributed by atoms with van der Waals surface area (Å²) in [4.78, 5) is 56.4. The maximum absolute atomic E-state index is 13.1. The number of amides is 3. The van der Waals surface area contributed by atoms with Crippen LogP contribution in [0.5, 0.6) is 17.2 Å². The zero-order valence-corrected chi connectivity index (χ0v) is 26.8. The molecule has 0 bridgehead atoms. The van der Waals surface area contributed by atoms with Crippen molar-refractivity contribution in [2.24, 2.45) is 0 Å². The fraction of sp³-hybridized carbons (Fsp3) is 0.364.